The van der Waals surface area contributed by atoms with Gasteiger partial charge >= 0.3 is 0 Å². The van der Waals surface area contributed by atoms with Crippen molar-refractivity contribution in [3.8, 4) is 11.4 Å². The van der Waals surface area contributed by atoms with Crippen molar-refractivity contribution in [1.29, 1.82) is 0 Å². The van der Waals surface area contributed by atoms with E-state index in [0.29, 0.717) is 36.3 Å². The maximum absolute atomic E-state index is 10.7. The minimum Gasteiger partial charge on any atom is -0.392 e. The van der Waals surface area contributed by atoms with Crippen LogP contribution >= 0.6 is 0 Å². The molecule has 0 radical (unpaired) electrons. The molecule has 1 aromatic carbocycles. The van der Waals surface area contributed by atoms with Gasteiger partial charge in [0.25, 0.3) is 5.69 Å². The van der Waals surface area contributed by atoms with E-state index in [4.69, 9.17) is 4.52 Å². The summed E-state index contributed by atoms with van der Waals surface area (Å²) in [5.41, 5.74) is 0.687. The second-order valence-electron chi connectivity index (χ2n) is 5.88. The second kappa shape index (κ2) is 6.43. The topological polar surface area (TPSA) is 106 Å². The number of nitro groups is 1. The number of β-amino-alcohol motifs (C(OH)–C–C–N with tert-alkyl or cyclic N) is 1. The molecule has 1 aromatic heterocycles. The summed E-state index contributed by atoms with van der Waals surface area (Å²) < 4.78 is 5.24. The molecule has 2 atom stereocenters. The quantitative estimate of drug-likeness (QED) is 0.677. The van der Waals surface area contributed by atoms with Crippen molar-refractivity contribution in [3.63, 3.8) is 0 Å². The van der Waals surface area contributed by atoms with Gasteiger partial charge in [-0.1, -0.05) is 12.1 Å². The van der Waals surface area contributed by atoms with Gasteiger partial charge in [0.1, 0.15) is 0 Å². The van der Waals surface area contributed by atoms with Gasteiger partial charge in [0.05, 0.1) is 17.6 Å². The molecule has 0 spiro atoms. The van der Waals surface area contributed by atoms with Crippen molar-refractivity contribution >= 4 is 5.69 Å². The van der Waals surface area contributed by atoms with Crippen LogP contribution in [0.1, 0.15) is 19.2 Å². The predicted molar refractivity (Wildman–Crippen MR) is 81.5 cm³/mol. The second-order valence-corrected chi connectivity index (χ2v) is 5.88. The molecule has 122 valence electrons. The molecule has 1 fully saturated rings. The van der Waals surface area contributed by atoms with Crippen molar-refractivity contribution < 1.29 is 14.6 Å². The van der Waals surface area contributed by atoms with Gasteiger partial charge < -0.3 is 9.63 Å². The average molecular weight is 318 g/mol. The molecule has 1 aliphatic heterocycles. The van der Waals surface area contributed by atoms with Crippen LogP contribution < -0.4 is 0 Å². The Morgan fingerprint density at radius 2 is 2.17 bits per heavy atom. The van der Waals surface area contributed by atoms with E-state index in [1.54, 1.807) is 12.1 Å². The van der Waals surface area contributed by atoms with Crippen LogP contribution in [0.15, 0.2) is 28.8 Å². The van der Waals surface area contributed by atoms with Crippen molar-refractivity contribution in [2.24, 2.45) is 5.92 Å². The minimum absolute atomic E-state index is 0.0221. The third-order valence-electron chi connectivity index (χ3n) is 4.17. The van der Waals surface area contributed by atoms with Crippen LogP contribution in [0.4, 0.5) is 5.69 Å². The van der Waals surface area contributed by atoms with Gasteiger partial charge in [-0.05, 0) is 31.0 Å². The van der Waals surface area contributed by atoms with E-state index in [9.17, 15) is 15.2 Å². The number of non-ortho nitro benzene ring substituents is 1. The molecule has 3 rings (SSSR count). The molecule has 8 nitrogen and oxygen atoms in total. The average Bonchev–Trinajstić information content (AvgIpc) is 2.99. The first-order valence-electron chi connectivity index (χ1n) is 7.51. The van der Waals surface area contributed by atoms with Crippen LogP contribution in [0, 0.1) is 16.0 Å². The van der Waals surface area contributed by atoms with E-state index in [1.807, 2.05) is 6.92 Å². The third kappa shape index (κ3) is 3.54. The third-order valence-corrected chi connectivity index (χ3v) is 4.17. The van der Waals surface area contributed by atoms with E-state index in [1.165, 1.54) is 12.1 Å². The number of nitrogens with zero attached hydrogens (tertiary/aromatic N) is 4. The van der Waals surface area contributed by atoms with Gasteiger partial charge in [-0.25, -0.2) is 0 Å². The molecule has 8 heteroatoms. The number of aliphatic hydroxyl groups excluding tert-OH is 1. The molecule has 2 unspecified atom stereocenters. The zero-order valence-corrected chi connectivity index (χ0v) is 12.8. The molecule has 0 amide bonds. The Kier molecular flexibility index (Phi) is 4.35. The molecule has 0 saturated carbocycles. The zero-order valence-electron chi connectivity index (χ0n) is 12.8. The first-order chi connectivity index (χ1) is 11.0. The largest absolute Gasteiger partial charge is 0.392 e. The Balaban J connectivity index is 1.67. The van der Waals surface area contributed by atoms with Crippen LogP contribution in [0.3, 0.4) is 0 Å². The number of aromatic nitrogens is 2. The fourth-order valence-electron chi connectivity index (χ4n) is 2.62. The van der Waals surface area contributed by atoms with Crippen molar-refractivity contribution in [3.05, 3.63) is 40.3 Å². The normalized spacial score (nSPS) is 22.2. The number of hydrogen-bond donors (Lipinski definition) is 1. The Morgan fingerprint density at radius 3 is 2.83 bits per heavy atom. The molecule has 23 heavy (non-hydrogen) atoms. The Hall–Kier alpha value is -2.32. The van der Waals surface area contributed by atoms with E-state index in [0.717, 1.165) is 13.0 Å². The maximum atomic E-state index is 10.7. The van der Waals surface area contributed by atoms with Crippen molar-refractivity contribution in [2.75, 3.05) is 13.1 Å². The first-order valence-corrected chi connectivity index (χ1v) is 7.51. The number of hydrogen-bond acceptors (Lipinski definition) is 7. The summed E-state index contributed by atoms with van der Waals surface area (Å²) in [6.07, 6.45) is 0.602. The molecule has 1 aliphatic rings. The van der Waals surface area contributed by atoms with Gasteiger partial charge in [0, 0.05) is 24.2 Å². The molecule has 1 saturated heterocycles. The number of aliphatic hydroxyl groups is 1. The lowest BCUT2D eigenvalue weighted by Crippen LogP contribution is -2.42. The zero-order chi connectivity index (χ0) is 16.4. The summed E-state index contributed by atoms with van der Waals surface area (Å²) in [4.78, 5) is 16.6. The lowest BCUT2D eigenvalue weighted by atomic mass is 9.96. The highest BCUT2D eigenvalue weighted by Crippen LogP contribution is 2.22. The Labute approximate surface area is 132 Å². The molecule has 2 heterocycles. The standard InChI is InChI=1S/C15H18N4O4/c1-10-6-7-18(8-13(10)20)9-14-16-15(17-23-14)11-2-4-12(5-3-11)19(21)22/h2-5,10,13,20H,6-9H2,1H3. The van der Waals surface area contributed by atoms with Crippen LogP contribution in [0.25, 0.3) is 11.4 Å². The summed E-state index contributed by atoms with van der Waals surface area (Å²) in [5.74, 6) is 1.19. The molecule has 2 aromatic rings. The minimum atomic E-state index is -0.450. The number of likely N-dealkylation sites (tertiary alicyclic amines) is 1. The summed E-state index contributed by atoms with van der Waals surface area (Å²) in [7, 11) is 0. The summed E-state index contributed by atoms with van der Waals surface area (Å²) >= 11 is 0. The van der Waals surface area contributed by atoms with Crippen LogP contribution in [-0.4, -0.2) is 44.3 Å². The van der Waals surface area contributed by atoms with Crippen LogP contribution in [0.5, 0.6) is 0 Å². The Morgan fingerprint density at radius 1 is 1.43 bits per heavy atom. The van der Waals surface area contributed by atoms with Gasteiger partial charge in [-0.15, -0.1) is 0 Å². The number of rotatable bonds is 4. The fraction of sp³-hybridized carbons (Fsp3) is 0.467. The van der Waals surface area contributed by atoms with Gasteiger partial charge in [-0.2, -0.15) is 4.98 Å². The lowest BCUT2D eigenvalue weighted by Gasteiger charge is -2.33. The smallest absolute Gasteiger partial charge is 0.269 e. The maximum Gasteiger partial charge on any atom is 0.269 e. The monoisotopic (exact) mass is 318 g/mol. The highest BCUT2D eigenvalue weighted by atomic mass is 16.6. The van der Waals surface area contributed by atoms with Crippen LogP contribution in [0.2, 0.25) is 0 Å². The fourth-order valence-corrected chi connectivity index (χ4v) is 2.62. The predicted octanol–water partition coefficient (Wildman–Crippen LogP) is 1.85. The van der Waals surface area contributed by atoms with Gasteiger partial charge in [0.15, 0.2) is 0 Å². The van der Waals surface area contributed by atoms with Gasteiger partial charge in [0.2, 0.25) is 11.7 Å². The van der Waals surface area contributed by atoms with E-state index < -0.39 is 4.92 Å². The van der Waals surface area contributed by atoms with Gasteiger partial charge in [-0.3, -0.25) is 15.0 Å². The van der Waals surface area contributed by atoms with E-state index >= 15 is 0 Å². The number of benzene rings is 1. The van der Waals surface area contributed by atoms with Crippen molar-refractivity contribution in [2.45, 2.75) is 26.0 Å². The highest BCUT2D eigenvalue weighted by molar-refractivity contribution is 5.56. The lowest BCUT2D eigenvalue weighted by molar-refractivity contribution is -0.384. The van der Waals surface area contributed by atoms with Crippen LogP contribution in [-0.2, 0) is 6.54 Å². The molecular weight excluding hydrogens is 300 g/mol. The first kappa shape index (κ1) is 15.6. The summed E-state index contributed by atoms with van der Waals surface area (Å²) in [6.45, 7) is 4.01. The van der Waals surface area contributed by atoms with Crippen molar-refractivity contribution in [1.82, 2.24) is 15.0 Å². The van der Waals surface area contributed by atoms with E-state index in [-0.39, 0.29) is 11.8 Å². The molecule has 0 aliphatic carbocycles. The molecule has 1 N–H and O–H groups in total. The van der Waals surface area contributed by atoms with E-state index in [2.05, 4.69) is 15.0 Å². The highest BCUT2D eigenvalue weighted by Gasteiger charge is 2.25. The summed E-state index contributed by atoms with van der Waals surface area (Å²) in [6, 6.07) is 6.01. The summed E-state index contributed by atoms with van der Waals surface area (Å²) in [5, 5.41) is 24.5. The molecule has 0 bridgehead atoms. The number of nitro benzene ring substituents is 1. The Bertz CT molecular complexity index is 685. The number of piperidine rings is 1. The molecular formula is C15H18N4O4. The SMILES string of the molecule is CC1CCN(Cc2nc(-c3ccc([N+](=O)[O-])cc3)no2)CC1O.